The molecule has 1 rings (SSSR count). The van der Waals surface area contributed by atoms with Crippen molar-refractivity contribution in [3.8, 4) is 6.07 Å². The molecule has 0 aromatic heterocycles. The van der Waals surface area contributed by atoms with Crippen LogP contribution in [0.15, 0.2) is 0 Å². The highest BCUT2D eigenvalue weighted by molar-refractivity contribution is 4.51. The zero-order chi connectivity index (χ0) is 6.24. The molecule has 0 spiro atoms. The molecule has 0 aromatic rings. The van der Waals surface area contributed by atoms with Crippen molar-refractivity contribution >= 4 is 0 Å². The molecule has 3 heteroatoms. The first-order chi connectivity index (χ1) is 3.91. The highest BCUT2D eigenvalue weighted by Gasteiger charge is 1.95. The van der Waals surface area contributed by atoms with Crippen LogP contribution in [0.2, 0.25) is 0 Å². The normalized spacial score (nSPS) is 16.0. The molecule has 0 aromatic carbocycles. The van der Waals surface area contributed by atoms with Crippen molar-refractivity contribution in [3.05, 3.63) is 0 Å². The zero-order valence-electron chi connectivity index (χ0n) is 4.89. The number of hydrogen-bond acceptors (Lipinski definition) is 3. The van der Waals surface area contributed by atoms with Crippen LogP contribution in [0, 0.1) is 11.3 Å². The van der Waals surface area contributed by atoms with Crippen LogP contribution < -0.4 is 0 Å². The second-order valence-electron chi connectivity index (χ2n) is 1.22. The van der Waals surface area contributed by atoms with Gasteiger partial charge in [-0.3, -0.25) is 0 Å². The Morgan fingerprint density at radius 3 is 1.88 bits per heavy atom. The van der Waals surface area contributed by atoms with Crippen molar-refractivity contribution in [1.29, 1.82) is 5.26 Å². The molecule has 0 N–H and O–H groups in total. The van der Waals surface area contributed by atoms with Gasteiger partial charge >= 0.3 is 0 Å². The van der Waals surface area contributed by atoms with Gasteiger partial charge in [-0.1, -0.05) is 0 Å². The number of nitriles is 1. The first-order valence-corrected chi connectivity index (χ1v) is 2.47. The third kappa shape index (κ3) is 5.41. The lowest BCUT2D eigenvalue weighted by Gasteiger charge is -1.77. The quantitative estimate of drug-likeness (QED) is 0.440. The van der Waals surface area contributed by atoms with E-state index < -0.39 is 0 Å². The van der Waals surface area contributed by atoms with Gasteiger partial charge in [0.1, 0.15) is 0 Å². The zero-order valence-corrected chi connectivity index (χ0v) is 4.89. The second kappa shape index (κ2) is 6.41. The van der Waals surface area contributed by atoms with Gasteiger partial charge < -0.3 is 0 Å². The Hall–Kier alpha value is -0.590. The molecule has 3 nitrogen and oxygen atoms in total. The summed E-state index contributed by atoms with van der Waals surface area (Å²) >= 11 is 0. The Balaban J connectivity index is 0.000000145. The summed E-state index contributed by atoms with van der Waals surface area (Å²) in [7, 11) is 0. The third-order valence-corrected chi connectivity index (χ3v) is 0.539. The number of hydrogen-bond donors (Lipinski definition) is 0. The molecule has 1 fully saturated rings. The molecular formula is C5H9NO2. The van der Waals surface area contributed by atoms with E-state index in [-0.39, 0.29) is 0 Å². The molecule has 8 heavy (non-hydrogen) atoms. The summed E-state index contributed by atoms with van der Waals surface area (Å²) in [5, 5.41) is 7.32. The van der Waals surface area contributed by atoms with Crippen LogP contribution in [0.1, 0.15) is 13.3 Å². The fourth-order valence-corrected chi connectivity index (χ4v) is 0.295. The first-order valence-electron chi connectivity index (χ1n) is 2.47. The Morgan fingerprint density at radius 2 is 1.75 bits per heavy atom. The average molecular weight is 115 g/mol. The van der Waals surface area contributed by atoms with Gasteiger partial charge in [0.15, 0.2) is 0 Å². The molecule has 0 aliphatic carbocycles. The number of rotatable bonds is 0. The molecule has 46 valence electrons. The molecular weight excluding hydrogens is 106 g/mol. The van der Waals surface area contributed by atoms with E-state index in [1.54, 1.807) is 6.07 Å². The summed E-state index contributed by atoms with van der Waals surface area (Å²) in [6.45, 7) is 2.99. The van der Waals surface area contributed by atoms with Crippen molar-refractivity contribution < 1.29 is 9.78 Å². The van der Waals surface area contributed by atoms with Gasteiger partial charge in [-0.25, -0.2) is 9.78 Å². The Labute approximate surface area is 48.7 Å². The lowest BCUT2D eigenvalue weighted by Crippen LogP contribution is -1.72. The monoisotopic (exact) mass is 115 g/mol. The van der Waals surface area contributed by atoms with Crippen LogP contribution >= 0.6 is 0 Å². The summed E-state index contributed by atoms with van der Waals surface area (Å²) in [5.74, 6) is 0. The standard InChI is InChI=1S/C3H6O2.C2H3N/c1-2-4-5-3-1;1-2-3/h1-3H2;1H3. The topological polar surface area (TPSA) is 42.2 Å². The molecule has 1 aliphatic heterocycles. The summed E-state index contributed by atoms with van der Waals surface area (Å²) in [5.41, 5.74) is 0. The first kappa shape index (κ1) is 7.41. The Kier molecular flexibility index (Phi) is 5.94. The molecule has 1 saturated heterocycles. The van der Waals surface area contributed by atoms with Gasteiger partial charge in [0.2, 0.25) is 0 Å². The van der Waals surface area contributed by atoms with Crippen LogP contribution in [0.3, 0.4) is 0 Å². The van der Waals surface area contributed by atoms with Crippen LogP contribution in [0.4, 0.5) is 0 Å². The van der Waals surface area contributed by atoms with Gasteiger partial charge in [-0.2, -0.15) is 5.26 Å². The van der Waals surface area contributed by atoms with Gasteiger partial charge in [-0.15, -0.1) is 0 Å². The van der Waals surface area contributed by atoms with Crippen molar-refractivity contribution in [2.24, 2.45) is 0 Å². The lowest BCUT2D eigenvalue weighted by molar-refractivity contribution is -0.248. The molecule has 0 saturated carbocycles. The third-order valence-electron chi connectivity index (χ3n) is 0.539. The van der Waals surface area contributed by atoms with E-state index in [1.165, 1.54) is 6.92 Å². The lowest BCUT2D eigenvalue weighted by atomic mass is 10.5. The van der Waals surface area contributed by atoms with Crippen molar-refractivity contribution in [2.45, 2.75) is 13.3 Å². The van der Waals surface area contributed by atoms with E-state index >= 15 is 0 Å². The van der Waals surface area contributed by atoms with Gasteiger partial charge in [0.25, 0.3) is 0 Å². The largest absolute Gasteiger partial charge is 0.237 e. The molecule has 0 atom stereocenters. The minimum Gasteiger partial charge on any atom is -0.237 e. The smallest absolute Gasteiger partial charge is 0.0845 e. The van der Waals surface area contributed by atoms with Crippen LogP contribution in [-0.4, -0.2) is 13.2 Å². The summed E-state index contributed by atoms with van der Waals surface area (Å²) < 4.78 is 0. The van der Waals surface area contributed by atoms with Crippen molar-refractivity contribution in [3.63, 3.8) is 0 Å². The second-order valence-corrected chi connectivity index (χ2v) is 1.22. The van der Waals surface area contributed by atoms with Crippen LogP contribution in [0.5, 0.6) is 0 Å². The number of nitrogens with zero attached hydrogens (tertiary/aromatic N) is 1. The highest BCUT2D eigenvalue weighted by atomic mass is 17.2. The van der Waals surface area contributed by atoms with E-state index in [9.17, 15) is 0 Å². The summed E-state index contributed by atoms with van der Waals surface area (Å²) in [6.07, 6.45) is 1.06. The van der Waals surface area contributed by atoms with Gasteiger partial charge in [0, 0.05) is 13.3 Å². The molecule has 0 radical (unpaired) electrons. The predicted octanol–water partition coefficient (Wildman–Crippen LogP) is 0.868. The maximum absolute atomic E-state index is 7.32. The molecule has 0 unspecified atom stereocenters. The van der Waals surface area contributed by atoms with E-state index in [1.807, 2.05) is 0 Å². The van der Waals surface area contributed by atoms with E-state index in [4.69, 9.17) is 5.26 Å². The predicted molar refractivity (Wildman–Crippen MR) is 27.8 cm³/mol. The minimum atomic E-state index is 0.778. The Morgan fingerprint density at radius 1 is 1.38 bits per heavy atom. The molecule has 1 heterocycles. The fourth-order valence-electron chi connectivity index (χ4n) is 0.295. The van der Waals surface area contributed by atoms with E-state index in [0.29, 0.717) is 0 Å². The molecule has 0 amide bonds. The fraction of sp³-hybridized carbons (Fsp3) is 0.800. The maximum Gasteiger partial charge on any atom is 0.0845 e. The summed E-state index contributed by atoms with van der Waals surface area (Å²) in [6, 6.07) is 1.75. The van der Waals surface area contributed by atoms with Crippen molar-refractivity contribution in [1.82, 2.24) is 0 Å². The Bertz CT molecular complexity index is 65.4. The molecule has 1 aliphatic rings. The average Bonchev–Trinajstić information content (AvgIpc) is 2.17. The van der Waals surface area contributed by atoms with Crippen molar-refractivity contribution in [2.75, 3.05) is 13.2 Å². The van der Waals surface area contributed by atoms with Gasteiger partial charge in [-0.05, 0) is 0 Å². The highest BCUT2D eigenvalue weighted by Crippen LogP contribution is 1.93. The van der Waals surface area contributed by atoms with Crippen LogP contribution in [-0.2, 0) is 9.78 Å². The molecule has 0 bridgehead atoms. The van der Waals surface area contributed by atoms with Gasteiger partial charge in [0.05, 0.1) is 19.3 Å². The SMILES string of the molecule is C1COOC1.CC#N. The maximum atomic E-state index is 7.32. The van der Waals surface area contributed by atoms with E-state index in [2.05, 4.69) is 9.78 Å². The summed E-state index contributed by atoms with van der Waals surface area (Å²) in [4.78, 5) is 8.89. The van der Waals surface area contributed by atoms with Crippen LogP contribution in [0.25, 0.3) is 0 Å². The van der Waals surface area contributed by atoms with E-state index in [0.717, 1.165) is 19.6 Å². The minimum absolute atomic E-state index is 0.778.